The lowest BCUT2D eigenvalue weighted by Gasteiger charge is -2.32. The Bertz CT molecular complexity index is 875. The highest BCUT2D eigenvalue weighted by Crippen LogP contribution is 2.36. The van der Waals surface area contributed by atoms with Crippen molar-refractivity contribution in [3.8, 4) is 22.6 Å². The molecule has 0 atom stereocenters. The van der Waals surface area contributed by atoms with Gasteiger partial charge in [-0.1, -0.05) is 30.3 Å². The van der Waals surface area contributed by atoms with E-state index in [0.29, 0.717) is 11.4 Å². The van der Waals surface area contributed by atoms with Crippen molar-refractivity contribution in [1.29, 1.82) is 0 Å². The SMILES string of the molecule is CC1(C)OB(c2cc(-c3cncnc3)nc(-c3ccccc3)n2)OC1(C)C. The second-order valence-corrected chi connectivity index (χ2v) is 7.58. The Morgan fingerprint density at radius 1 is 0.815 bits per heavy atom. The Morgan fingerprint density at radius 3 is 2.07 bits per heavy atom. The Kier molecular flexibility index (Phi) is 4.28. The number of nitrogens with zero attached hydrogens (tertiary/aromatic N) is 4. The molecule has 1 fully saturated rings. The van der Waals surface area contributed by atoms with Crippen LogP contribution in [0, 0.1) is 0 Å². The molecule has 1 aliphatic heterocycles. The Labute approximate surface area is 159 Å². The molecule has 1 saturated heterocycles. The molecule has 0 unspecified atom stereocenters. The molecule has 0 radical (unpaired) electrons. The van der Waals surface area contributed by atoms with Crippen LogP contribution < -0.4 is 5.59 Å². The average molecular weight is 360 g/mol. The van der Waals surface area contributed by atoms with E-state index in [2.05, 4.69) is 9.97 Å². The molecule has 1 aliphatic rings. The zero-order valence-corrected chi connectivity index (χ0v) is 15.9. The summed E-state index contributed by atoms with van der Waals surface area (Å²) < 4.78 is 12.4. The molecule has 27 heavy (non-hydrogen) atoms. The lowest BCUT2D eigenvalue weighted by Crippen LogP contribution is -2.41. The van der Waals surface area contributed by atoms with Gasteiger partial charge in [-0.15, -0.1) is 0 Å². The van der Waals surface area contributed by atoms with Gasteiger partial charge in [0.2, 0.25) is 0 Å². The van der Waals surface area contributed by atoms with Gasteiger partial charge in [-0.05, 0) is 33.8 Å². The largest absolute Gasteiger partial charge is 0.514 e. The molecule has 7 heteroatoms. The first-order valence-corrected chi connectivity index (χ1v) is 8.91. The first-order chi connectivity index (χ1) is 12.9. The highest BCUT2D eigenvalue weighted by molar-refractivity contribution is 6.61. The third kappa shape index (κ3) is 3.36. The van der Waals surface area contributed by atoms with E-state index in [1.807, 2.05) is 64.1 Å². The van der Waals surface area contributed by atoms with Gasteiger partial charge in [-0.2, -0.15) is 0 Å². The van der Waals surface area contributed by atoms with Crippen molar-refractivity contribution in [3.63, 3.8) is 0 Å². The summed E-state index contributed by atoms with van der Waals surface area (Å²) in [6.07, 6.45) is 4.97. The van der Waals surface area contributed by atoms with Crippen molar-refractivity contribution in [3.05, 3.63) is 55.1 Å². The van der Waals surface area contributed by atoms with Crippen LogP contribution in [-0.2, 0) is 9.31 Å². The number of benzene rings is 1. The van der Waals surface area contributed by atoms with Crippen molar-refractivity contribution in [2.75, 3.05) is 0 Å². The average Bonchev–Trinajstić information content (AvgIpc) is 2.90. The van der Waals surface area contributed by atoms with Gasteiger partial charge in [-0.3, -0.25) is 0 Å². The monoisotopic (exact) mass is 360 g/mol. The molecule has 6 nitrogen and oxygen atoms in total. The van der Waals surface area contributed by atoms with Gasteiger partial charge in [0.1, 0.15) is 6.33 Å². The zero-order valence-electron chi connectivity index (χ0n) is 15.9. The second-order valence-electron chi connectivity index (χ2n) is 7.58. The van der Waals surface area contributed by atoms with Crippen LogP contribution in [0.1, 0.15) is 27.7 Å². The number of hydrogen-bond donors (Lipinski definition) is 0. The highest BCUT2D eigenvalue weighted by Gasteiger charge is 2.52. The molecule has 1 aromatic carbocycles. The molecule has 0 saturated carbocycles. The minimum absolute atomic E-state index is 0.439. The fourth-order valence-corrected chi connectivity index (χ4v) is 2.85. The molecule has 3 heterocycles. The van der Waals surface area contributed by atoms with Crippen LogP contribution in [0.3, 0.4) is 0 Å². The zero-order chi connectivity index (χ0) is 19.1. The number of hydrogen-bond acceptors (Lipinski definition) is 6. The first kappa shape index (κ1) is 17.8. The molecular formula is C20H21BN4O2. The van der Waals surface area contributed by atoms with Gasteiger partial charge in [0.15, 0.2) is 5.82 Å². The van der Waals surface area contributed by atoms with E-state index < -0.39 is 18.3 Å². The summed E-state index contributed by atoms with van der Waals surface area (Å²) in [5.74, 6) is 0.613. The Morgan fingerprint density at radius 2 is 1.44 bits per heavy atom. The van der Waals surface area contributed by atoms with Crippen molar-refractivity contribution in [2.24, 2.45) is 0 Å². The fourth-order valence-electron chi connectivity index (χ4n) is 2.85. The Balaban J connectivity index is 1.82. The van der Waals surface area contributed by atoms with Crippen LogP contribution in [0.4, 0.5) is 0 Å². The van der Waals surface area contributed by atoms with E-state index in [1.54, 1.807) is 12.4 Å². The summed E-state index contributed by atoms with van der Waals surface area (Å²) in [7, 11) is -0.566. The molecule has 0 N–H and O–H groups in total. The molecule has 0 aliphatic carbocycles. The van der Waals surface area contributed by atoms with Crippen LogP contribution in [0.2, 0.25) is 0 Å². The maximum Gasteiger partial charge on any atom is 0.514 e. The van der Waals surface area contributed by atoms with Crippen LogP contribution in [-0.4, -0.2) is 38.3 Å². The van der Waals surface area contributed by atoms with Gasteiger partial charge >= 0.3 is 7.12 Å². The number of aromatic nitrogens is 4. The minimum Gasteiger partial charge on any atom is -0.398 e. The van der Waals surface area contributed by atoms with E-state index in [1.165, 1.54) is 6.33 Å². The smallest absolute Gasteiger partial charge is 0.398 e. The Hall–Kier alpha value is -2.64. The molecule has 4 rings (SSSR count). The van der Waals surface area contributed by atoms with Crippen molar-refractivity contribution >= 4 is 12.7 Å². The van der Waals surface area contributed by atoms with Gasteiger partial charge in [0.05, 0.1) is 22.5 Å². The quantitative estimate of drug-likeness (QED) is 0.669. The third-order valence-electron chi connectivity index (χ3n) is 5.13. The van der Waals surface area contributed by atoms with E-state index in [4.69, 9.17) is 19.3 Å². The van der Waals surface area contributed by atoms with E-state index in [-0.39, 0.29) is 0 Å². The van der Waals surface area contributed by atoms with E-state index in [9.17, 15) is 0 Å². The van der Waals surface area contributed by atoms with Crippen LogP contribution in [0.5, 0.6) is 0 Å². The van der Waals surface area contributed by atoms with Crippen LogP contribution in [0.15, 0.2) is 55.1 Å². The normalized spacial score (nSPS) is 17.9. The summed E-state index contributed by atoms with van der Waals surface area (Å²) in [4.78, 5) is 17.7. The minimum atomic E-state index is -0.566. The maximum absolute atomic E-state index is 6.19. The molecule has 2 aromatic heterocycles. The summed E-state index contributed by atoms with van der Waals surface area (Å²) in [5, 5.41) is 0. The molecule has 0 amide bonds. The second kappa shape index (κ2) is 6.51. The highest BCUT2D eigenvalue weighted by atomic mass is 16.7. The lowest BCUT2D eigenvalue weighted by atomic mass is 9.83. The molecule has 0 bridgehead atoms. The van der Waals surface area contributed by atoms with Crippen molar-refractivity contribution in [2.45, 2.75) is 38.9 Å². The van der Waals surface area contributed by atoms with Gasteiger partial charge in [-0.25, -0.2) is 19.9 Å². The van der Waals surface area contributed by atoms with Crippen molar-refractivity contribution < 1.29 is 9.31 Å². The van der Waals surface area contributed by atoms with Gasteiger partial charge < -0.3 is 9.31 Å². The summed E-state index contributed by atoms with van der Waals surface area (Å²) >= 11 is 0. The first-order valence-electron chi connectivity index (χ1n) is 8.91. The van der Waals surface area contributed by atoms with Gasteiger partial charge in [0, 0.05) is 23.5 Å². The predicted molar refractivity (Wildman–Crippen MR) is 104 cm³/mol. The molecule has 3 aromatic rings. The summed E-state index contributed by atoms with van der Waals surface area (Å²) in [6, 6.07) is 11.7. The summed E-state index contributed by atoms with van der Waals surface area (Å²) in [5.41, 5.74) is 2.27. The van der Waals surface area contributed by atoms with E-state index >= 15 is 0 Å². The fraction of sp³-hybridized carbons (Fsp3) is 0.300. The van der Waals surface area contributed by atoms with Crippen LogP contribution in [0.25, 0.3) is 22.6 Å². The predicted octanol–water partition coefficient (Wildman–Crippen LogP) is 2.90. The third-order valence-corrected chi connectivity index (χ3v) is 5.13. The molecule has 136 valence electrons. The number of rotatable bonds is 3. The van der Waals surface area contributed by atoms with Gasteiger partial charge in [0.25, 0.3) is 0 Å². The summed E-state index contributed by atoms with van der Waals surface area (Å²) in [6.45, 7) is 8.10. The molecule has 0 spiro atoms. The standard InChI is InChI=1S/C20H21BN4O2/c1-19(2)20(3,4)27-21(26-19)17-10-16(15-11-22-13-23-12-15)24-18(25-17)14-8-6-5-7-9-14/h5-13H,1-4H3. The lowest BCUT2D eigenvalue weighted by molar-refractivity contribution is 0.00578. The topological polar surface area (TPSA) is 70.0 Å². The maximum atomic E-state index is 6.19. The van der Waals surface area contributed by atoms with E-state index in [0.717, 1.165) is 16.8 Å². The molecular weight excluding hydrogens is 339 g/mol. The van der Waals surface area contributed by atoms with Crippen molar-refractivity contribution in [1.82, 2.24) is 19.9 Å². The van der Waals surface area contributed by atoms with Crippen LogP contribution >= 0.6 is 0 Å².